The van der Waals surface area contributed by atoms with Crippen molar-refractivity contribution in [2.24, 2.45) is 0 Å². The van der Waals surface area contributed by atoms with Gasteiger partial charge < -0.3 is 20.8 Å². The predicted molar refractivity (Wildman–Crippen MR) is 122 cm³/mol. The number of nitrogens with two attached hydrogens (primary N) is 1. The molecule has 168 valence electrons. The summed E-state index contributed by atoms with van der Waals surface area (Å²) in [5.41, 5.74) is 8.35. The van der Waals surface area contributed by atoms with Crippen LogP contribution < -0.4 is 5.73 Å². The van der Waals surface area contributed by atoms with Crippen LogP contribution in [0.3, 0.4) is 0 Å². The van der Waals surface area contributed by atoms with Crippen LogP contribution in [0.4, 0.5) is 18.9 Å². The maximum Gasteiger partial charge on any atom is 0.341 e. The zero-order valence-electron chi connectivity index (χ0n) is 17.8. The number of carbonyl (C=O) groups is 1. The number of aromatic nitrogens is 1. The Labute approximate surface area is 187 Å². The summed E-state index contributed by atoms with van der Waals surface area (Å²) in [7, 11) is 0. The number of benzene rings is 3. The van der Waals surface area contributed by atoms with Crippen molar-refractivity contribution in [3.05, 3.63) is 82.8 Å². The average molecular weight is 451 g/mol. The van der Waals surface area contributed by atoms with E-state index < -0.39 is 29.0 Å². The predicted octanol–water partition coefficient (Wildman–Crippen LogP) is 6.12. The molecule has 3 aromatic carbocycles. The minimum absolute atomic E-state index is 0.145. The van der Waals surface area contributed by atoms with Crippen LogP contribution in [0.5, 0.6) is 0 Å². The van der Waals surface area contributed by atoms with E-state index >= 15 is 0 Å². The molecule has 0 saturated carbocycles. The highest BCUT2D eigenvalue weighted by atomic mass is 19.1. The first-order valence-corrected chi connectivity index (χ1v) is 10.1. The van der Waals surface area contributed by atoms with Gasteiger partial charge in [-0.3, -0.25) is 0 Å². The Kier molecular flexibility index (Phi) is 5.45. The standard InChI is InChI=1S/C25H20F3N3O2/c1-12(2)24-22(13-7-18(27)23(25(32)33)19(28)8-13)17-10-20(30)14(11-29)9-21(17)31(24)16-5-3-15(26)4-6-16/h3-12,29H,30H2,1-2H3,(H,32,33). The molecule has 1 aromatic heterocycles. The maximum absolute atomic E-state index is 14.6. The van der Waals surface area contributed by atoms with Crippen LogP contribution in [-0.2, 0) is 0 Å². The van der Waals surface area contributed by atoms with Crippen molar-refractivity contribution < 1.29 is 23.1 Å². The summed E-state index contributed by atoms with van der Waals surface area (Å²) >= 11 is 0. The summed E-state index contributed by atoms with van der Waals surface area (Å²) in [4.78, 5) is 11.3. The van der Waals surface area contributed by atoms with Crippen molar-refractivity contribution in [2.75, 3.05) is 5.73 Å². The van der Waals surface area contributed by atoms with Crippen LogP contribution in [0, 0.1) is 22.9 Å². The fourth-order valence-electron chi connectivity index (χ4n) is 4.15. The van der Waals surface area contributed by atoms with E-state index in [-0.39, 0.29) is 11.5 Å². The van der Waals surface area contributed by atoms with E-state index in [1.807, 2.05) is 18.4 Å². The zero-order valence-corrected chi connectivity index (χ0v) is 17.8. The molecule has 0 fully saturated rings. The second-order valence-corrected chi connectivity index (χ2v) is 7.99. The van der Waals surface area contributed by atoms with E-state index in [4.69, 9.17) is 16.2 Å². The lowest BCUT2D eigenvalue weighted by atomic mass is 9.95. The first kappa shape index (κ1) is 22.1. The Morgan fingerprint density at radius 1 is 1.06 bits per heavy atom. The van der Waals surface area contributed by atoms with Gasteiger partial charge in [0.15, 0.2) is 0 Å². The van der Waals surface area contributed by atoms with Crippen LogP contribution in [0.15, 0.2) is 48.5 Å². The third-order valence-electron chi connectivity index (χ3n) is 5.54. The first-order chi connectivity index (χ1) is 15.6. The number of nitrogens with zero attached hydrogens (tertiary/aromatic N) is 1. The molecular weight excluding hydrogens is 431 g/mol. The van der Waals surface area contributed by atoms with E-state index in [9.17, 15) is 18.0 Å². The number of halogens is 3. The molecule has 0 unspecified atom stereocenters. The van der Waals surface area contributed by atoms with Gasteiger partial charge in [0.1, 0.15) is 23.0 Å². The van der Waals surface area contributed by atoms with Gasteiger partial charge in [0.05, 0.1) is 5.52 Å². The van der Waals surface area contributed by atoms with Crippen molar-refractivity contribution in [2.45, 2.75) is 19.8 Å². The Bertz CT molecular complexity index is 1400. The number of aromatic carboxylic acids is 1. The monoisotopic (exact) mass is 451 g/mol. The topological polar surface area (TPSA) is 92.1 Å². The lowest BCUT2D eigenvalue weighted by Crippen LogP contribution is -2.06. The molecule has 0 amide bonds. The van der Waals surface area contributed by atoms with Crippen LogP contribution in [0.25, 0.3) is 27.7 Å². The molecule has 4 rings (SSSR count). The van der Waals surface area contributed by atoms with E-state index in [0.29, 0.717) is 39.1 Å². The minimum Gasteiger partial charge on any atom is -0.477 e. The fraction of sp³-hybridized carbons (Fsp3) is 0.120. The summed E-state index contributed by atoms with van der Waals surface area (Å²) < 4.78 is 44.7. The van der Waals surface area contributed by atoms with Gasteiger partial charge in [-0.25, -0.2) is 18.0 Å². The van der Waals surface area contributed by atoms with E-state index in [1.165, 1.54) is 12.1 Å². The first-order valence-electron chi connectivity index (χ1n) is 10.1. The Balaban J connectivity index is 2.18. The van der Waals surface area contributed by atoms with Crippen LogP contribution in [0.1, 0.15) is 41.4 Å². The van der Waals surface area contributed by atoms with E-state index in [2.05, 4.69) is 0 Å². The number of nitrogen functional groups attached to an aromatic ring is 1. The SMILES string of the molecule is CC(C)c1c(-c2cc(F)c(C(=O)O)c(F)c2)c2cc(N)c(C=N)cc2n1-c1ccc(F)cc1. The van der Waals surface area contributed by atoms with Gasteiger partial charge >= 0.3 is 5.97 Å². The molecule has 0 bridgehead atoms. The number of anilines is 1. The molecular formula is C25H20F3N3O2. The van der Waals surface area contributed by atoms with Crippen molar-refractivity contribution in [1.82, 2.24) is 4.57 Å². The quantitative estimate of drug-likeness (QED) is 0.252. The normalized spacial score (nSPS) is 11.3. The Morgan fingerprint density at radius 3 is 2.18 bits per heavy atom. The Hall–Kier alpha value is -4.07. The highest BCUT2D eigenvalue weighted by Gasteiger charge is 2.26. The summed E-state index contributed by atoms with van der Waals surface area (Å²) in [6, 6.07) is 11.1. The number of hydrogen-bond acceptors (Lipinski definition) is 3. The molecule has 33 heavy (non-hydrogen) atoms. The third-order valence-corrected chi connectivity index (χ3v) is 5.54. The molecule has 0 aliphatic heterocycles. The average Bonchev–Trinajstić information content (AvgIpc) is 3.07. The third kappa shape index (κ3) is 3.63. The van der Waals surface area contributed by atoms with E-state index in [1.54, 1.807) is 24.3 Å². The molecule has 0 radical (unpaired) electrons. The van der Waals surface area contributed by atoms with Gasteiger partial charge in [-0.1, -0.05) is 13.8 Å². The summed E-state index contributed by atoms with van der Waals surface area (Å²) in [5, 5.41) is 17.4. The smallest absolute Gasteiger partial charge is 0.341 e. The number of rotatable bonds is 5. The van der Waals surface area contributed by atoms with Gasteiger partial charge in [-0.2, -0.15) is 0 Å². The van der Waals surface area contributed by atoms with Crippen molar-refractivity contribution >= 4 is 28.8 Å². The lowest BCUT2D eigenvalue weighted by molar-refractivity contribution is 0.0686. The molecule has 0 aliphatic rings. The molecule has 5 nitrogen and oxygen atoms in total. The van der Waals surface area contributed by atoms with Gasteiger partial charge in [0.2, 0.25) is 0 Å². The number of carboxylic acids is 1. The highest BCUT2D eigenvalue weighted by molar-refractivity contribution is 6.05. The van der Waals surface area contributed by atoms with Gasteiger partial charge in [0, 0.05) is 39.8 Å². The molecule has 0 atom stereocenters. The number of carboxylic acid groups (broad SMARTS) is 1. The fourth-order valence-corrected chi connectivity index (χ4v) is 4.15. The highest BCUT2D eigenvalue weighted by Crippen LogP contribution is 2.42. The molecule has 4 aromatic rings. The number of nitrogens with one attached hydrogen (secondary N) is 1. The second-order valence-electron chi connectivity index (χ2n) is 7.99. The van der Waals surface area contributed by atoms with Crippen molar-refractivity contribution in [3.63, 3.8) is 0 Å². The minimum atomic E-state index is -1.70. The lowest BCUT2D eigenvalue weighted by Gasteiger charge is -2.16. The zero-order chi connectivity index (χ0) is 24.0. The molecule has 4 N–H and O–H groups in total. The van der Waals surface area contributed by atoms with Crippen LogP contribution in [-0.4, -0.2) is 21.9 Å². The largest absolute Gasteiger partial charge is 0.477 e. The second kappa shape index (κ2) is 8.12. The molecule has 0 aliphatic carbocycles. The molecule has 8 heteroatoms. The van der Waals surface area contributed by atoms with Gasteiger partial charge in [-0.15, -0.1) is 0 Å². The van der Waals surface area contributed by atoms with Crippen LogP contribution >= 0.6 is 0 Å². The van der Waals surface area contributed by atoms with Gasteiger partial charge in [-0.05, 0) is 60.0 Å². The van der Waals surface area contributed by atoms with Gasteiger partial charge in [0.25, 0.3) is 0 Å². The summed E-state index contributed by atoms with van der Waals surface area (Å²) in [5.74, 6) is -4.67. The molecule has 1 heterocycles. The van der Waals surface area contributed by atoms with Crippen molar-refractivity contribution in [3.8, 4) is 16.8 Å². The number of hydrogen-bond donors (Lipinski definition) is 3. The molecule has 0 saturated heterocycles. The Morgan fingerprint density at radius 2 is 1.67 bits per heavy atom. The maximum atomic E-state index is 14.6. The summed E-state index contributed by atoms with van der Waals surface area (Å²) in [6.07, 6.45) is 1.10. The summed E-state index contributed by atoms with van der Waals surface area (Å²) in [6.45, 7) is 3.80. The van der Waals surface area contributed by atoms with E-state index in [0.717, 1.165) is 18.3 Å². The van der Waals surface area contributed by atoms with Crippen molar-refractivity contribution in [1.29, 1.82) is 5.41 Å². The van der Waals surface area contributed by atoms with Crippen LogP contribution in [0.2, 0.25) is 0 Å². The number of fused-ring (bicyclic) bond motifs is 1. The molecule has 0 spiro atoms.